The molecule has 2 aromatic rings. The smallest absolute Gasteiger partial charge is 0.315 e. The molecule has 2 rings (SSSR count). The lowest BCUT2D eigenvalue weighted by molar-refractivity contribution is 0.0593. The zero-order valence-electron chi connectivity index (χ0n) is 15.2. The Kier molecular flexibility index (Phi) is 6.19. The average Bonchev–Trinajstić information content (AvgIpc) is 3.22. The summed E-state index contributed by atoms with van der Waals surface area (Å²) in [7, 11) is 1.77. The minimum Gasteiger partial charge on any atom is -0.383 e. The fourth-order valence-corrected chi connectivity index (χ4v) is 2.60. The van der Waals surface area contributed by atoms with Gasteiger partial charge in [-0.1, -0.05) is 19.0 Å². The molecular weight excluding hydrogens is 322 g/mol. The molecule has 1 atom stereocenters. The number of amides is 2. The third kappa shape index (κ3) is 5.06. The van der Waals surface area contributed by atoms with E-state index in [-0.39, 0.29) is 19.1 Å². The van der Waals surface area contributed by atoms with E-state index >= 15 is 0 Å². The molecule has 1 unspecified atom stereocenters. The van der Waals surface area contributed by atoms with E-state index in [1.165, 1.54) is 0 Å². The van der Waals surface area contributed by atoms with Crippen LogP contribution in [0.5, 0.6) is 0 Å². The van der Waals surface area contributed by atoms with Gasteiger partial charge in [0.15, 0.2) is 5.76 Å². The number of aliphatic hydroxyl groups is 1. The first-order valence-electron chi connectivity index (χ1n) is 8.54. The summed E-state index contributed by atoms with van der Waals surface area (Å²) in [4.78, 5) is 11.9. The molecule has 2 aromatic heterocycles. The summed E-state index contributed by atoms with van der Waals surface area (Å²) in [6.07, 6.45) is 5.29. The monoisotopic (exact) mass is 349 g/mol. The van der Waals surface area contributed by atoms with Gasteiger partial charge < -0.3 is 20.3 Å². The summed E-state index contributed by atoms with van der Waals surface area (Å²) in [5.74, 6) is 0.983. The van der Waals surface area contributed by atoms with E-state index in [4.69, 9.17) is 4.52 Å². The molecule has 3 N–H and O–H groups in total. The van der Waals surface area contributed by atoms with Gasteiger partial charge >= 0.3 is 6.03 Å². The molecule has 0 saturated heterocycles. The molecule has 0 radical (unpaired) electrons. The average molecular weight is 349 g/mol. The molecule has 0 aromatic carbocycles. The van der Waals surface area contributed by atoms with E-state index in [1.807, 2.05) is 6.07 Å². The summed E-state index contributed by atoms with van der Waals surface area (Å²) in [6, 6.07) is 1.49. The SMILES string of the molecule is CCC(CC)c1cc(CNC(=O)NCC(C)(O)c2cnn(C)c2)on1. The standard InChI is InChI=1S/C17H27N5O3/c1-5-12(6-2)15-7-14(25-21-15)9-18-16(23)19-11-17(3,24)13-8-20-22(4)10-13/h7-8,10,12,24H,5-6,9,11H2,1-4H3,(H2,18,19,23). The topological polar surface area (TPSA) is 105 Å². The van der Waals surface area contributed by atoms with Crippen molar-refractivity contribution in [2.75, 3.05) is 6.54 Å². The zero-order chi connectivity index (χ0) is 18.4. The van der Waals surface area contributed by atoms with Gasteiger partial charge in [-0.05, 0) is 19.8 Å². The first-order chi connectivity index (χ1) is 11.9. The van der Waals surface area contributed by atoms with Gasteiger partial charge in [-0.2, -0.15) is 5.10 Å². The van der Waals surface area contributed by atoms with Crippen LogP contribution in [0, 0.1) is 0 Å². The molecule has 8 heteroatoms. The number of rotatable bonds is 8. The van der Waals surface area contributed by atoms with Crippen LogP contribution in [-0.4, -0.2) is 32.6 Å². The largest absolute Gasteiger partial charge is 0.383 e. The highest BCUT2D eigenvalue weighted by Crippen LogP contribution is 2.22. The highest BCUT2D eigenvalue weighted by Gasteiger charge is 2.25. The maximum absolute atomic E-state index is 11.9. The number of urea groups is 1. The third-order valence-electron chi connectivity index (χ3n) is 4.32. The Morgan fingerprint density at radius 3 is 2.72 bits per heavy atom. The van der Waals surface area contributed by atoms with Crippen molar-refractivity contribution in [3.05, 3.63) is 35.5 Å². The summed E-state index contributed by atoms with van der Waals surface area (Å²) >= 11 is 0. The van der Waals surface area contributed by atoms with E-state index in [2.05, 4.69) is 34.7 Å². The van der Waals surface area contributed by atoms with E-state index in [1.54, 1.807) is 31.0 Å². The Morgan fingerprint density at radius 1 is 1.40 bits per heavy atom. The molecule has 25 heavy (non-hydrogen) atoms. The van der Waals surface area contributed by atoms with Crippen molar-refractivity contribution < 1.29 is 14.4 Å². The second-order valence-corrected chi connectivity index (χ2v) is 6.44. The Labute approximate surface area is 147 Å². The predicted molar refractivity (Wildman–Crippen MR) is 92.8 cm³/mol. The summed E-state index contributed by atoms with van der Waals surface area (Å²) in [5.41, 5.74) is 0.364. The van der Waals surface area contributed by atoms with Crippen LogP contribution in [0.3, 0.4) is 0 Å². The molecule has 0 aliphatic rings. The molecule has 0 aliphatic heterocycles. The van der Waals surface area contributed by atoms with Crippen LogP contribution < -0.4 is 10.6 Å². The summed E-state index contributed by atoms with van der Waals surface area (Å²) in [6.45, 7) is 6.17. The fourth-order valence-electron chi connectivity index (χ4n) is 2.60. The van der Waals surface area contributed by atoms with Crippen molar-refractivity contribution in [1.82, 2.24) is 25.6 Å². The minimum atomic E-state index is -1.19. The Hall–Kier alpha value is -2.35. The fraction of sp³-hybridized carbons (Fsp3) is 0.588. The van der Waals surface area contributed by atoms with E-state index in [9.17, 15) is 9.90 Å². The Morgan fingerprint density at radius 2 is 2.12 bits per heavy atom. The zero-order valence-corrected chi connectivity index (χ0v) is 15.2. The number of aryl methyl sites for hydroxylation is 1. The van der Waals surface area contributed by atoms with Gasteiger partial charge in [0.1, 0.15) is 5.60 Å². The minimum absolute atomic E-state index is 0.0694. The number of nitrogens with one attached hydrogen (secondary N) is 2. The number of hydrogen-bond donors (Lipinski definition) is 3. The van der Waals surface area contributed by atoms with Crippen molar-refractivity contribution in [2.45, 2.75) is 51.7 Å². The number of hydrogen-bond acceptors (Lipinski definition) is 5. The Balaban J connectivity index is 1.81. The highest BCUT2D eigenvalue weighted by atomic mass is 16.5. The van der Waals surface area contributed by atoms with Crippen molar-refractivity contribution in [3.63, 3.8) is 0 Å². The van der Waals surface area contributed by atoms with E-state index in [0.29, 0.717) is 17.2 Å². The van der Waals surface area contributed by atoms with Gasteiger partial charge in [-0.25, -0.2) is 4.79 Å². The lowest BCUT2D eigenvalue weighted by atomic mass is 9.99. The van der Waals surface area contributed by atoms with Gasteiger partial charge in [-0.15, -0.1) is 0 Å². The van der Waals surface area contributed by atoms with Gasteiger partial charge in [0.25, 0.3) is 0 Å². The first kappa shape index (κ1) is 19.0. The number of nitrogens with zero attached hydrogens (tertiary/aromatic N) is 3. The molecule has 0 fully saturated rings. The lowest BCUT2D eigenvalue weighted by Crippen LogP contribution is -2.43. The van der Waals surface area contributed by atoms with Crippen molar-refractivity contribution >= 4 is 6.03 Å². The molecule has 0 saturated carbocycles. The van der Waals surface area contributed by atoms with Crippen LogP contribution >= 0.6 is 0 Å². The maximum Gasteiger partial charge on any atom is 0.315 e. The van der Waals surface area contributed by atoms with Gasteiger partial charge in [0, 0.05) is 30.8 Å². The predicted octanol–water partition coefficient (Wildman–Crippen LogP) is 2.02. The van der Waals surface area contributed by atoms with Crippen LogP contribution in [0.2, 0.25) is 0 Å². The number of carbonyl (C=O) groups excluding carboxylic acids is 1. The number of carbonyl (C=O) groups is 1. The number of aromatic nitrogens is 3. The second-order valence-electron chi connectivity index (χ2n) is 6.44. The van der Waals surface area contributed by atoms with Crippen molar-refractivity contribution in [3.8, 4) is 0 Å². The molecule has 138 valence electrons. The quantitative estimate of drug-likeness (QED) is 0.676. The Bertz CT molecular complexity index is 688. The van der Waals surface area contributed by atoms with E-state index < -0.39 is 5.60 Å². The molecule has 0 bridgehead atoms. The van der Waals surface area contributed by atoms with Crippen LogP contribution in [0.25, 0.3) is 0 Å². The van der Waals surface area contributed by atoms with Crippen LogP contribution in [0.1, 0.15) is 56.5 Å². The van der Waals surface area contributed by atoms with Gasteiger partial charge in [0.2, 0.25) is 0 Å². The normalized spacial score (nSPS) is 13.7. The molecular formula is C17H27N5O3. The molecule has 0 spiro atoms. The molecule has 0 aliphatic carbocycles. The second kappa shape index (κ2) is 8.15. The lowest BCUT2D eigenvalue weighted by Gasteiger charge is -2.22. The van der Waals surface area contributed by atoms with Crippen molar-refractivity contribution in [1.29, 1.82) is 0 Å². The van der Waals surface area contributed by atoms with Crippen LogP contribution in [-0.2, 0) is 19.2 Å². The highest BCUT2D eigenvalue weighted by molar-refractivity contribution is 5.73. The van der Waals surface area contributed by atoms with Crippen molar-refractivity contribution in [2.24, 2.45) is 7.05 Å². The molecule has 2 amide bonds. The molecule has 8 nitrogen and oxygen atoms in total. The van der Waals surface area contributed by atoms with E-state index in [0.717, 1.165) is 18.5 Å². The van der Waals surface area contributed by atoms with Crippen LogP contribution in [0.15, 0.2) is 23.0 Å². The third-order valence-corrected chi connectivity index (χ3v) is 4.32. The maximum atomic E-state index is 11.9. The first-order valence-corrected chi connectivity index (χ1v) is 8.54. The van der Waals surface area contributed by atoms with Gasteiger partial charge in [0.05, 0.1) is 25.0 Å². The summed E-state index contributed by atoms with van der Waals surface area (Å²) < 4.78 is 6.87. The van der Waals surface area contributed by atoms with Gasteiger partial charge in [-0.3, -0.25) is 4.68 Å². The molecule has 2 heterocycles. The van der Waals surface area contributed by atoms with Crippen LogP contribution in [0.4, 0.5) is 4.79 Å². The summed E-state index contributed by atoms with van der Waals surface area (Å²) in [5, 5.41) is 23.9.